The van der Waals surface area contributed by atoms with Gasteiger partial charge in [0, 0.05) is 44.5 Å². The van der Waals surface area contributed by atoms with Gasteiger partial charge in [-0.1, -0.05) is 48.5 Å². The number of likely N-dealkylation sites (N-methyl/N-ethyl adjacent to an activating group) is 1. The van der Waals surface area contributed by atoms with Gasteiger partial charge >= 0.3 is 0 Å². The van der Waals surface area contributed by atoms with Gasteiger partial charge in [-0.15, -0.1) is 0 Å². The second-order valence-electron chi connectivity index (χ2n) is 8.67. The minimum absolute atomic E-state index is 0.0101. The van der Waals surface area contributed by atoms with Gasteiger partial charge < -0.3 is 4.90 Å². The van der Waals surface area contributed by atoms with E-state index in [1.54, 1.807) is 35.2 Å². The van der Waals surface area contributed by atoms with Crippen LogP contribution in [-0.4, -0.2) is 77.5 Å². The fourth-order valence-electron chi connectivity index (χ4n) is 4.11. The van der Waals surface area contributed by atoms with Gasteiger partial charge in [-0.25, -0.2) is 8.42 Å². The lowest BCUT2D eigenvalue weighted by molar-refractivity contribution is -0.137. The topological polar surface area (TPSA) is 78.8 Å². The second kappa shape index (κ2) is 10.5. The number of rotatable bonds is 8. The molecule has 0 aliphatic carbocycles. The molecule has 2 heterocycles. The fraction of sp³-hybridized carbons (Fsp3) is 0.360. The van der Waals surface area contributed by atoms with Gasteiger partial charge in [-0.2, -0.15) is 9.40 Å². The Morgan fingerprint density at radius 1 is 0.971 bits per heavy atom. The lowest BCUT2D eigenvalue weighted by Crippen LogP contribution is -2.54. The third kappa shape index (κ3) is 5.55. The predicted molar refractivity (Wildman–Crippen MR) is 130 cm³/mol. The largest absolute Gasteiger partial charge is 0.339 e. The standard InChI is InChI=1S/C25H31N5O3S/c1-21(27(2)18-23-17-26-29(20-23)19-22-9-5-3-6-10-22)25(31)28-13-15-30(16-14-28)34(32,33)24-11-7-4-8-12-24/h3-12,17,20-21H,13-16,18-19H2,1-2H3/t21-/m1/s1. The van der Waals surface area contributed by atoms with Crippen molar-refractivity contribution in [3.8, 4) is 0 Å². The van der Waals surface area contributed by atoms with Crippen LogP contribution in [0.5, 0.6) is 0 Å². The Morgan fingerprint density at radius 2 is 1.59 bits per heavy atom. The molecule has 0 unspecified atom stereocenters. The third-order valence-corrected chi connectivity index (χ3v) is 8.17. The van der Waals surface area contributed by atoms with Crippen molar-refractivity contribution < 1.29 is 13.2 Å². The number of benzene rings is 2. The van der Waals surface area contributed by atoms with Gasteiger partial charge in [-0.3, -0.25) is 14.4 Å². The monoisotopic (exact) mass is 481 g/mol. The Morgan fingerprint density at radius 3 is 2.24 bits per heavy atom. The van der Waals surface area contributed by atoms with Crippen molar-refractivity contribution >= 4 is 15.9 Å². The summed E-state index contributed by atoms with van der Waals surface area (Å²) < 4.78 is 29.0. The van der Waals surface area contributed by atoms with Gasteiger partial charge in [0.1, 0.15) is 0 Å². The maximum atomic E-state index is 13.1. The molecule has 4 rings (SSSR count). The van der Waals surface area contributed by atoms with Gasteiger partial charge in [0.2, 0.25) is 15.9 Å². The first-order chi connectivity index (χ1) is 16.3. The minimum Gasteiger partial charge on any atom is -0.339 e. The van der Waals surface area contributed by atoms with E-state index in [0.29, 0.717) is 39.3 Å². The third-order valence-electron chi connectivity index (χ3n) is 6.26. The van der Waals surface area contributed by atoms with E-state index in [1.807, 2.05) is 54.1 Å². The van der Waals surface area contributed by atoms with Gasteiger partial charge in [0.25, 0.3) is 0 Å². The van der Waals surface area contributed by atoms with Crippen LogP contribution in [0, 0.1) is 0 Å². The maximum absolute atomic E-state index is 13.1. The van der Waals surface area contributed by atoms with Gasteiger partial charge in [0.05, 0.1) is 23.7 Å². The first-order valence-electron chi connectivity index (χ1n) is 11.4. The van der Waals surface area contributed by atoms with Crippen molar-refractivity contribution in [2.45, 2.75) is 31.0 Å². The molecule has 1 aliphatic heterocycles. The van der Waals surface area contributed by atoms with Crippen LogP contribution in [0.4, 0.5) is 0 Å². The van der Waals surface area contributed by atoms with Crippen molar-refractivity contribution in [2.75, 3.05) is 33.2 Å². The van der Waals surface area contributed by atoms with Crippen molar-refractivity contribution in [3.63, 3.8) is 0 Å². The lowest BCUT2D eigenvalue weighted by Gasteiger charge is -2.36. The molecule has 1 saturated heterocycles. The molecule has 1 aromatic heterocycles. The van der Waals surface area contributed by atoms with Gasteiger partial charge in [-0.05, 0) is 31.7 Å². The SMILES string of the molecule is C[C@H](C(=O)N1CCN(S(=O)(=O)c2ccccc2)CC1)N(C)Cc1cnn(Cc2ccccc2)c1. The summed E-state index contributed by atoms with van der Waals surface area (Å²) >= 11 is 0. The fourth-order valence-corrected chi connectivity index (χ4v) is 5.56. The number of sulfonamides is 1. The molecule has 8 nitrogen and oxygen atoms in total. The Labute approximate surface area is 201 Å². The molecular formula is C25H31N5O3S. The van der Waals surface area contributed by atoms with Crippen LogP contribution < -0.4 is 0 Å². The highest BCUT2D eigenvalue weighted by atomic mass is 32.2. The minimum atomic E-state index is -3.53. The molecule has 2 aromatic carbocycles. The average Bonchev–Trinajstić information content (AvgIpc) is 3.30. The van der Waals surface area contributed by atoms with Crippen LogP contribution in [0.15, 0.2) is 78.0 Å². The molecule has 0 spiro atoms. The van der Waals surface area contributed by atoms with Crippen LogP contribution in [0.3, 0.4) is 0 Å². The molecule has 180 valence electrons. The van der Waals surface area contributed by atoms with E-state index in [0.717, 1.165) is 5.56 Å². The zero-order valence-electron chi connectivity index (χ0n) is 19.6. The molecule has 1 aliphatic rings. The number of piperazine rings is 1. The average molecular weight is 482 g/mol. The molecule has 9 heteroatoms. The van der Waals surface area contributed by atoms with Crippen molar-refractivity contribution in [1.29, 1.82) is 0 Å². The van der Waals surface area contributed by atoms with E-state index >= 15 is 0 Å². The summed E-state index contributed by atoms with van der Waals surface area (Å²) in [5.41, 5.74) is 2.22. The number of amides is 1. The number of hydrogen-bond acceptors (Lipinski definition) is 5. The molecular weight excluding hydrogens is 450 g/mol. The van der Waals surface area contributed by atoms with E-state index < -0.39 is 10.0 Å². The summed E-state index contributed by atoms with van der Waals surface area (Å²) in [7, 11) is -1.61. The van der Waals surface area contributed by atoms with Crippen molar-refractivity contribution in [3.05, 3.63) is 84.2 Å². The van der Waals surface area contributed by atoms with Crippen LogP contribution in [0.1, 0.15) is 18.1 Å². The Kier molecular flexibility index (Phi) is 7.45. The number of aromatic nitrogens is 2. The molecule has 0 N–H and O–H groups in total. The molecule has 0 radical (unpaired) electrons. The van der Waals surface area contributed by atoms with Gasteiger partial charge in [0.15, 0.2) is 0 Å². The van der Waals surface area contributed by atoms with E-state index in [-0.39, 0.29) is 16.8 Å². The predicted octanol–water partition coefficient (Wildman–Crippen LogP) is 2.28. The number of carbonyl (C=O) groups excluding carboxylic acids is 1. The lowest BCUT2D eigenvalue weighted by atomic mass is 10.2. The zero-order valence-corrected chi connectivity index (χ0v) is 20.4. The summed E-state index contributed by atoms with van der Waals surface area (Å²) in [5.74, 6) is 0.0101. The Balaban J connectivity index is 1.30. The van der Waals surface area contributed by atoms with Crippen LogP contribution in [-0.2, 0) is 27.9 Å². The molecule has 0 bridgehead atoms. The Bertz CT molecular complexity index is 1190. The molecule has 1 fully saturated rings. The van der Waals surface area contributed by atoms with E-state index in [2.05, 4.69) is 17.2 Å². The molecule has 1 atom stereocenters. The van der Waals surface area contributed by atoms with E-state index in [9.17, 15) is 13.2 Å². The van der Waals surface area contributed by atoms with Crippen LogP contribution in [0.2, 0.25) is 0 Å². The molecule has 1 amide bonds. The quantitative estimate of drug-likeness (QED) is 0.493. The van der Waals surface area contributed by atoms with E-state index in [1.165, 1.54) is 9.87 Å². The first kappa shape index (κ1) is 24.1. The summed E-state index contributed by atoms with van der Waals surface area (Å²) in [6.45, 7) is 4.57. The van der Waals surface area contributed by atoms with Crippen molar-refractivity contribution in [1.82, 2.24) is 23.9 Å². The zero-order chi connectivity index (χ0) is 24.1. The summed E-state index contributed by atoms with van der Waals surface area (Å²) in [4.78, 5) is 17.1. The normalized spacial score (nSPS) is 16.0. The second-order valence-corrected chi connectivity index (χ2v) is 10.6. The molecule has 34 heavy (non-hydrogen) atoms. The number of hydrogen-bond donors (Lipinski definition) is 0. The summed E-state index contributed by atoms with van der Waals surface area (Å²) in [5, 5.41) is 4.45. The van der Waals surface area contributed by atoms with Crippen LogP contribution >= 0.6 is 0 Å². The van der Waals surface area contributed by atoms with Crippen molar-refractivity contribution in [2.24, 2.45) is 0 Å². The maximum Gasteiger partial charge on any atom is 0.243 e. The Hall–Kier alpha value is -3.01. The number of carbonyl (C=O) groups is 1. The molecule has 3 aromatic rings. The highest BCUT2D eigenvalue weighted by Gasteiger charge is 2.32. The smallest absolute Gasteiger partial charge is 0.243 e. The highest BCUT2D eigenvalue weighted by molar-refractivity contribution is 7.89. The number of nitrogens with zero attached hydrogens (tertiary/aromatic N) is 5. The van der Waals surface area contributed by atoms with E-state index in [4.69, 9.17) is 0 Å². The first-order valence-corrected chi connectivity index (χ1v) is 12.9. The molecule has 0 saturated carbocycles. The summed E-state index contributed by atoms with van der Waals surface area (Å²) in [6.07, 6.45) is 3.84. The summed E-state index contributed by atoms with van der Waals surface area (Å²) in [6, 6.07) is 18.3. The van der Waals surface area contributed by atoms with Crippen LogP contribution in [0.25, 0.3) is 0 Å². The highest BCUT2D eigenvalue weighted by Crippen LogP contribution is 2.18.